The quantitative estimate of drug-likeness (QED) is 0.603. The van der Waals surface area contributed by atoms with Gasteiger partial charge in [0.1, 0.15) is 12.4 Å². The van der Waals surface area contributed by atoms with E-state index in [0.717, 1.165) is 11.3 Å². The largest absolute Gasteiger partial charge is 0.492 e. The Morgan fingerprint density at radius 3 is 2.31 bits per heavy atom. The zero-order valence-corrected chi connectivity index (χ0v) is 17.5. The van der Waals surface area contributed by atoms with Gasteiger partial charge < -0.3 is 20.3 Å². The van der Waals surface area contributed by atoms with Gasteiger partial charge in [-0.05, 0) is 29.2 Å². The molecule has 0 atom stereocenters. The zero-order chi connectivity index (χ0) is 21.1. The molecular weight excluding hydrogens is 366 g/mol. The summed E-state index contributed by atoms with van der Waals surface area (Å²) in [6, 6.07) is 17.6. The average molecular weight is 398 g/mol. The van der Waals surface area contributed by atoms with Crippen molar-refractivity contribution in [2.24, 2.45) is 0 Å². The molecule has 0 aliphatic heterocycles. The molecule has 2 aromatic carbocycles. The molecule has 0 aromatic heterocycles. The maximum absolute atomic E-state index is 12.1. The van der Waals surface area contributed by atoms with Crippen LogP contribution in [0.15, 0.2) is 54.6 Å². The average Bonchev–Trinajstić information content (AvgIpc) is 2.72. The number of hydrogen-bond donors (Lipinski definition) is 2. The van der Waals surface area contributed by atoms with Gasteiger partial charge in [0.2, 0.25) is 5.91 Å². The predicted octanol–water partition coefficient (Wildman–Crippen LogP) is 3.54. The first kappa shape index (κ1) is 22.3. The molecule has 0 heterocycles. The van der Waals surface area contributed by atoms with Crippen molar-refractivity contribution >= 4 is 11.9 Å². The first-order valence-electron chi connectivity index (χ1n) is 9.98. The van der Waals surface area contributed by atoms with Gasteiger partial charge in [-0.25, -0.2) is 4.79 Å². The number of nitrogens with zero attached hydrogens (tertiary/aromatic N) is 1. The maximum atomic E-state index is 12.1. The second kappa shape index (κ2) is 11.7. The van der Waals surface area contributed by atoms with Crippen LogP contribution in [0.4, 0.5) is 4.79 Å². The molecule has 0 fully saturated rings. The van der Waals surface area contributed by atoms with E-state index < -0.39 is 0 Å². The first-order chi connectivity index (χ1) is 14.0. The molecule has 2 N–H and O–H groups in total. The molecule has 3 amide bonds. The predicted molar refractivity (Wildman–Crippen MR) is 115 cm³/mol. The fourth-order valence-corrected chi connectivity index (χ4v) is 2.74. The van der Waals surface area contributed by atoms with Gasteiger partial charge in [-0.3, -0.25) is 4.79 Å². The van der Waals surface area contributed by atoms with E-state index in [9.17, 15) is 9.59 Å². The Balaban J connectivity index is 1.56. The number of amides is 3. The van der Waals surface area contributed by atoms with Gasteiger partial charge in [0.15, 0.2) is 0 Å². The summed E-state index contributed by atoms with van der Waals surface area (Å²) < 4.78 is 5.63. The zero-order valence-electron chi connectivity index (χ0n) is 17.5. The van der Waals surface area contributed by atoms with Crippen molar-refractivity contribution in [2.45, 2.75) is 32.7 Å². The summed E-state index contributed by atoms with van der Waals surface area (Å²) >= 11 is 0. The normalized spacial score (nSPS) is 10.5. The fourth-order valence-electron chi connectivity index (χ4n) is 2.74. The van der Waals surface area contributed by atoms with Crippen molar-refractivity contribution in [1.82, 2.24) is 15.5 Å². The molecule has 29 heavy (non-hydrogen) atoms. The highest BCUT2D eigenvalue weighted by Gasteiger charge is 2.09. The Morgan fingerprint density at radius 1 is 0.966 bits per heavy atom. The Bertz CT molecular complexity index is 761. The van der Waals surface area contributed by atoms with Crippen LogP contribution in [0, 0.1) is 0 Å². The van der Waals surface area contributed by atoms with Crippen molar-refractivity contribution in [3.05, 3.63) is 65.7 Å². The standard InChI is InChI=1S/C23H31N3O3/c1-18(2)20-9-11-21(12-10-20)29-16-15-24-22(27)13-14-25-23(28)26(3)17-19-7-5-4-6-8-19/h4-12,18H,13-17H2,1-3H3,(H,24,27)(H,25,28). The molecule has 0 aliphatic carbocycles. The lowest BCUT2D eigenvalue weighted by molar-refractivity contribution is -0.121. The number of urea groups is 1. The molecule has 0 unspecified atom stereocenters. The van der Waals surface area contributed by atoms with Crippen molar-refractivity contribution in [1.29, 1.82) is 0 Å². The minimum absolute atomic E-state index is 0.116. The Labute approximate surface area is 173 Å². The third-order valence-electron chi connectivity index (χ3n) is 4.48. The third kappa shape index (κ3) is 8.25. The molecule has 0 saturated carbocycles. The van der Waals surface area contributed by atoms with Gasteiger partial charge in [0, 0.05) is 26.6 Å². The number of hydrogen-bond acceptors (Lipinski definition) is 3. The van der Waals surface area contributed by atoms with E-state index in [1.54, 1.807) is 11.9 Å². The molecule has 156 valence electrons. The van der Waals surface area contributed by atoms with Gasteiger partial charge in [-0.15, -0.1) is 0 Å². The summed E-state index contributed by atoms with van der Waals surface area (Å²) in [5.74, 6) is 1.16. The number of carbonyl (C=O) groups excluding carboxylic acids is 2. The highest BCUT2D eigenvalue weighted by Crippen LogP contribution is 2.18. The van der Waals surface area contributed by atoms with E-state index in [1.807, 2.05) is 42.5 Å². The topological polar surface area (TPSA) is 70.7 Å². The Kier molecular flexibility index (Phi) is 9.02. The number of carbonyl (C=O) groups is 2. The van der Waals surface area contributed by atoms with Crippen LogP contribution in [0.2, 0.25) is 0 Å². The van der Waals surface area contributed by atoms with Crippen LogP contribution in [0.25, 0.3) is 0 Å². The van der Waals surface area contributed by atoms with Gasteiger partial charge >= 0.3 is 6.03 Å². The molecule has 2 aromatic rings. The van der Waals surface area contributed by atoms with E-state index in [4.69, 9.17) is 4.74 Å². The molecule has 0 spiro atoms. The smallest absolute Gasteiger partial charge is 0.317 e. The minimum atomic E-state index is -0.199. The van der Waals surface area contributed by atoms with Gasteiger partial charge in [-0.1, -0.05) is 56.3 Å². The lowest BCUT2D eigenvalue weighted by Gasteiger charge is -2.18. The molecule has 0 bridgehead atoms. The number of ether oxygens (including phenoxy) is 1. The first-order valence-corrected chi connectivity index (χ1v) is 9.98. The summed E-state index contributed by atoms with van der Waals surface area (Å²) in [7, 11) is 1.73. The van der Waals surface area contributed by atoms with Crippen LogP contribution >= 0.6 is 0 Å². The summed E-state index contributed by atoms with van der Waals surface area (Å²) in [5, 5.41) is 5.56. The van der Waals surface area contributed by atoms with Gasteiger partial charge in [-0.2, -0.15) is 0 Å². The van der Waals surface area contributed by atoms with Crippen LogP contribution < -0.4 is 15.4 Å². The SMILES string of the molecule is CC(C)c1ccc(OCCNC(=O)CCNC(=O)N(C)Cc2ccccc2)cc1. The van der Waals surface area contributed by atoms with Crippen molar-refractivity contribution in [2.75, 3.05) is 26.7 Å². The molecular formula is C23H31N3O3. The molecule has 2 rings (SSSR count). The Hall–Kier alpha value is -3.02. The maximum Gasteiger partial charge on any atom is 0.317 e. The summed E-state index contributed by atoms with van der Waals surface area (Å²) in [4.78, 5) is 25.5. The highest BCUT2D eigenvalue weighted by molar-refractivity contribution is 5.78. The highest BCUT2D eigenvalue weighted by atomic mass is 16.5. The van der Waals surface area contributed by atoms with Crippen LogP contribution in [-0.4, -0.2) is 43.6 Å². The molecule has 0 saturated heterocycles. The molecule has 6 nitrogen and oxygen atoms in total. The third-order valence-corrected chi connectivity index (χ3v) is 4.48. The lowest BCUT2D eigenvalue weighted by Crippen LogP contribution is -2.39. The molecule has 0 radical (unpaired) electrons. The van der Waals surface area contributed by atoms with E-state index in [2.05, 4.69) is 36.6 Å². The van der Waals surface area contributed by atoms with Crippen molar-refractivity contribution in [3.8, 4) is 5.75 Å². The molecule has 0 aliphatic rings. The van der Waals surface area contributed by atoms with E-state index in [0.29, 0.717) is 32.2 Å². The van der Waals surface area contributed by atoms with E-state index in [1.165, 1.54) is 5.56 Å². The monoisotopic (exact) mass is 397 g/mol. The molecule has 6 heteroatoms. The van der Waals surface area contributed by atoms with Crippen LogP contribution in [0.1, 0.15) is 37.3 Å². The summed E-state index contributed by atoms with van der Waals surface area (Å²) in [6.07, 6.45) is 0.230. The van der Waals surface area contributed by atoms with Gasteiger partial charge in [0.25, 0.3) is 0 Å². The van der Waals surface area contributed by atoms with Crippen LogP contribution in [0.3, 0.4) is 0 Å². The number of nitrogens with one attached hydrogen (secondary N) is 2. The Morgan fingerprint density at radius 2 is 1.66 bits per heavy atom. The fraction of sp³-hybridized carbons (Fsp3) is 0.391. The van der Waals surface area contributed by atoms with Crippen molar-refractivity contribution in [3.63, 3.8) is 0 Å². The van der Waals surface area contributed by atoms with Gasteiger partial charge in [0.05, 0.1) is 6.54 Å². The minimum Gasteiger partial charge on any atom is -0.492 e. The van der Waals surface area contributed by atoms with E-state index >= 15 is 0 Å². The van der Waals surface area contributed by atoms with Crippen LogP contribution in [-0.2, 0) is 11.3 Å². The van der Waals surface area contributed by atoms with Crippen LogP contribution in [0.5, 0.6) is 5.75 Å². The van der Waals surface area contributed by atoms with E-state index in [-0.39, 0.29) is 18.4 Å². The summed E-state index contributed by atoms with van der Waals surface area (Å²) in [6.45, 7) is 5.94. The second-order valence-corrected chi connectivity index (χ2v) is 7.25. The second-order valence-electron chi connectivity index (χ2n) is 7.25. The van der Waals surface area contributed by atoms with Crippen molar-refractivity contribution < 1.29 is 14.3 Å². The number of benzene rings is 2. The summed E-state index contributed by atoms with van der Waals surface area (Å²) in [5.41, 5.74) is 2.32. The lowest BCUT2D eigenvalue weighted by atomic mass is 10.0. The number of rotatable bonds is 10.